The summed E-state index contributed by atoms with van der Waals surface area (Å²) in [4.78, 5) is 16.3. The standard InChI is InChI=1S/C13H25N3O2/c1-13(2)10-15(4-3-11(13)14)9-12(17)16-5-7-18-8-6-16/h11H,3-10,14H2,1-2H3. The van der Waals surface area contributed by atoms with Crippen molar-refractivity contribution in [3.05, 3.63) is 0 Å². The molecule has 2 rings (SSSR count). The molecule has 2 N–H and O–H groups in total. The van der Waals surface area contributed by atoms with Gasteiger partial charge in [0, 0.05) is 32.2 Å². The number of nitrogens with two attached hydrogens (primary N) is 1. The van der Waals surface area contributed by atoms with Gasteiger partial charge in [0.05, 0.1) is 19.8 Å². The Morgan fingerprint density at radius 3 is 2.61 bits per heavy atom. The van der Waals surface area contributed by atoms with Crippen LogP contribution in [0.5, 0.6) is 0 Å². The molecule has 1 atom stereocenters. The van der Waals surface area contributed by atoms with Crippen LogP contribution in [0.2, 0.25) is 0 Å². The van der Waals surface area contributed by atoms with Gasteiger partial charge in [-0.2, -0.15) is 0 Å². The number of morpholine rings is 1. The largest absolute Gasteiger partial charge is 0.378 e. The molecule has 0 aromatic carbocycles. The van der Waals surface area contributed by atoms with Crippen molar-refractivity contribution in [2.75, 3.05) is 45.9 Å². The summed E-state index contributed by atoms with van der Waals surface area (Å²) in [5.41, 5.74) is 6.21. The second-order valence-electron chi connectivity index (χ2n) is 6.09. The number of hydrogen-bond acceptors (Lipinski definition) is 4. The molecular formula is C13H25N3O2. The smallest absolute Gasteiger partial charge is 0.236 e. The molecule has 5 heteroatoms. The van der Waals surface area contributed by atoms with Gasteiger partial charge in [0.2, 0.25) is 5.91 Å². The van der Waals surface area contributed by atoms with Crippen LogP contribution in [0.15, 0.2) is 0 Å². The van der Waals surface area contributed by atoms with Gasteiger partial charge in [-0.15, -0.1) is 0 Å². The van der Waals surface area contributed by atoms with E-state index in [2.05, 4.69) is 18.7 Å². The third kappa shape index (κ3) is 3.22. The first-order valence-corrected chi connectivity index (χ1v) is 6.82. The van der Waals surface area contributed by atoms with Crippen LogP contribution in [0.4, 0.5) is 0 Å². The third-order valence-electron chi connectivity index (χ3n) is 4.11. The second-order valence-corrected chi connectivity index (χ2v) is 6.09. The van der Waals surface area contributed by atoms with Gasteiger partial charge >= 0.3 is 0 Å². The van der Waals surface area contributed by atoms with Crippen molar-refractivity contribution in [2.24, 2.45) is 11.1 Å². The van der Waals surface area contributed by atoms with Gasteiger partial charge in [-0.1, -0.05) is 13.8 Å². The van der Waals surface area contributed by atoms with E-state index >= 15 is 0 Å². The Hall–Kier alpha value is -0.650. The van der Waals surface area contributed by atoms with Crippen LogP contribution in [-0.4, -0.2) is 67.7 Å². The summed E-state index contributed by atoms with van der Waals surface area (Å²) in [5, 5.41) is 0. The van der Waals surface area contributed by atoms with Gasteiger partial charge in [0.1, 0.15) is 0 Å². The van der Waals surface area contributed by atoms with Gasteiger partial charge in [-0.3, -0.25) is 9.69 Å². The maximum Gasteiger partial charge on any atom is 0.236 e. The minimum absolute atomic E-state index is 0.101. The Morgan fingerprint density at radius 1 is 1.33 bits per heavy atom. The minimum Gasteiger partial charge on any atom is -0.378 e. The molecule has 0 spiro atoms. The number of hydrogen-bond donors (Lipinski definition) is 1. The van der Waals surface area contributed by atoms with Crippen LogP contribution in [0.1, 0.15) is 20.3 Å². The first kappa shape index (κ1) is 13.8. The molecule has 0 aromatic rings. The van der Waals surface area contributed by atoms with Gasteiger partial charge < -0.3 is 15.4 Å². The summed E-state index contributed by atoms with van der Waals surface area (Å²) in [5.74, 6) is 0.226. The number of amides is 1. The van der Waals surface area contributed by atoms with Crippen LogP contribution in [0.3, 0.4) is 0 Å². The quantitative estimate of drug-likeness (QED) is 0.749. The molecule has 0 saturated carbocycles. The molecule has 18 heavy (non-hydrogen) atoms. The molecule has 1 amide bonds. The lowest BCUT2D eigenvalue weighted by Crippen LogP contribution is -2.55. The van der Waals surface area contributed by atoms with Crippen LogP contribution in [0.25, 0.3) is 0 Å². The monoisotopic (exact) mass is 255 g/mol. The Balaban J connectivity index is 1.84. The summed E-state index contributed by atoms with van der Waals surface area (Å²) in [6, 6.07) is 0.243. The fourth-order valence-electron chi connectivity index (χ4n) is 2.72. The Morgan fingerprint density at radius 2 is 2.00 bits per heavy atom. The molecule has 2 fully saturated rings. The molecular weight excluding hydrogens is 230 g/mol. The van der Waals surface area contributed by atoms with Crippen molar-refractivity contribution >= 4 is 5.91 Å². The van der Waals surface area contributed by atoms with Crippen molar-refractivity contribution in [3.8, 4) is 0 Å². The molecule has 0 aromatic heterocycles. The van der Waals surface area contributed by atoms with Crippen molar-refractivity contribution in [3.63, 3.8) is 0 Å². The maximum atomic E-state index is 12.2. The highest BCUT2D eigenvalue weighted by molar-refractivity contribution is 5.78. The molecule has 0 aliphatic carbocycles. The third-order valence-corrected chi connectivity index (χ3v) is 4.11. The highest BCUT2D eigenvalue weighted by Gasteiger charge is 2.34. The number of carbonyl (C=O) groups excluding carboxylic acids is 1. The molecule has 2 aliphatic heterocycles. The topological polar surface area (TPSA) is 58.8 Å². The van der Waals surface area contributed by atoms with E-state index < -0.39 is 0 Å². The summed E-state index contributed by atoms with van der Waals surface area (Å²) in [6.45, 7) is 9.53. The Kier molecular flexibility index (Phi) is 4.25. The summed E-state index contributed by atoms with van der Waals surface area (Å²) in [7, 11) is 0. The van der Waals surface area contributed by atoms with Crippen molar-refractivity contribution in [2.45, 2.75) is 26.3 Å². The molecule has 5 nitrogen and oxygen atoms in total. The van der Waals surface area contributed by atoms with E-state index in [0.717, 1.165) is 32.6 Å². The van der Waals surface area contributed by atoms with E-state index in [4.69, 9.17) is 10.5 Å². The van der Waals surface area contributed by atoms with Crippen LogP contribution < -0.4 is 5.73 Å². The van der Waals surface area contributed by atoms with E-state index in [1.807, 2.05) is 4.90 Å². The highest BCUT2D eigenvalue weighted by atomic mass is 16.5. The molecule has 0 bridgehead atoms. The van der Waals surface area contributed by atoms with E-state index in [-0.39, 0.29) is 17.4 Å². The predicted molar refractivity (Wildman–Crippen MR) is 70.2 cm³/mol. The number of piperidine rings is 1. The van der Waals surface area contributed by atoms with Crippen molar-refractivity contribution in [1.29, 1.82) is 0 Å². The number of likely N-dealkylation sites (tertiary alicyclic amines) is 1. The lowest BCUT2D eigenvalue weighted by molar-refractivity contribution is -0.137. The van der Waals surface area contributed by atoms with Crippen LogP contribution >= 0.6 is 0 Å². The Bertz CT molecular complexity index is 301. The summed E-state index contributed by atoms with van der Waals surface area (Å²) in [6.07, 6.45) is 0.976. The molecule has 104 valence electrons. The zero-order valence-electron chi connectivity index (χ0n) is 11.5. The summed E-state index contributed by atoms with van der Waals surface area (Å²) < 4.78 is 5.26. The minimum atomic E-state index is 0.101. The molecule has 2 aliphatic rings. The van der Waals surface area contributed by atoms with E-state index in [1.165, 1.54) is 0 Å². The Labute approximate surface area is 109 Å². The number of ether oxygens (including phenoxy) is 1. The molecule has 0 radical (unpaired) electrons. The van der Waals surface area contributed by atoms with Gasteiger partial charge in [-0.25, -0.2) is 0 Å². The average Bonchev–Trinajstić information content (AvgIpc) is 2.34. The molecule has 1 unspecified atom stereocenters. The van der Waals surface area contributed by atoms with E-state index in [0.29, 0.717) is 19.8 Å². The zero-order chi connectivity index (χ0) is 13.2. The first-order chi connectivity index (χ1) is 8.49. The van der Waals surface area contributed by atoms with Crippen LogP contribution in [-0.2, 0) is 9.53 Å². The predicted octanol–water partition coefficient (Wildman–Crippen LogP) is -0.0956. The number of rotatable bonds is 2. The normalized spacial score (nSPS) is 29.3. The second kappa shape index (κ2) is 5.55. The summed E-state index contributed by atoms with van der Waals surface area (Å²) >= 11 is 0. The van der Waals surface area contributed by atoms with Crippen molar-refractivity contribution < 1.29 is 9.53 Å². The average molecular weight is 255 g/mol. The van der Waals surface area contributed by atoms with Gasteiger partial charge in [-0.05, 0) is 11.8 Å². The fraction of sp³-hybridized carbons (Fsp3) is 0.923. The van der Waals surface area contributed by atoms with E-state index in [1.54, 1.807) is 0 Å². The maximum absolute atomic E-state index is 12.2. The number of carbonyl (C=O) groups is 1. The number of nitrogens with zero attached hydrogens (tertiary/aromatic N) is 2. The zero-order valence-corrected chi connectivity index (χ0v) is 11.5. The SMILES string of the molecule is CC1(C)CN(CC(=O)N2CCOCC2)CCC1N. The van der Waals surface area contributed by atoms with E-state index in [9.17, 15) is 4.79 Å². The molecule has 2 saturated heterocycles. The highest BCUT2D eigenvalue weighted by Crippen LogP contribution is 2.27. The fourth-order valence-corrected chi connectivity index (χ4v) is 2.72. The molecule has 2 heterocycles. The van der Waals surface area contributed by atoms with Crippen molar-refractivity contribution in [1.82, 2.24) is 9.80 Å². The van der Waals surface area contributed by atoms with Gasteiger partial charge in [0.15, 0.2) is 0 Å². The lowest BCUT2D eigenvalue weighted by Gasteiger charge is -2.43. The first-order valence-electron chi connectivity index (χ1n) is 6.82. The van der Waals surface area contributed by atoms with Gasteiger partial charge in [0.25, 0.3) is 0 Å². The lowest BCUT2D eigenvalue weighted by atomic mass is 9.80. The van der Waals surface area contributed by atoms with Crippen LogP contribution in [0, 0.1) is 5.41 Å².